The molecular formula is C23H19F6N5O3S. The first-order chi connectivity index (χ1) is 17.8. The van der Waals surface area contributed by atoms with E-state index in [0.717, 1.165) is 48.9 Å². The van der Waals surface area contributed by atoms with Gasteiger partial charge in [0, 0.05) is 18.2 Å². The lowest BCUT2D eigenvalue weighted by atomic mass is 10.0. The molecule has 38 heavy (non-hydrogen) atoms. The van der Waals surface area contributed by atoms with Crippen LogP contribution < -0.4 is 5.32 Å². The second-order valence-electron chi connectivity index (χ2n) is 8.55. The van der Waals surface area contributed by atoms with Gasteiger partial charge in [0.2, 0.25) is 15.9 Å². The van der Waals surface area contributed by atoms with Gasteiger partial charge in [-0.25, -0.2) is 31.6 Å². The third kappa shape index (κ3) is 5.78. The van der Waals surface area contributed by atoms with E-state index < -0.39 is 69.9 Å². The summed E-state index contributed by atoms with van der Waals surface area (Å²) in [5, 5.41) is 2.42. The topological polar surface area (TPSA) is 105 Å². The highest BCUT2D eigenvalue weighted by Crippen LogP contribution is 2.36. The van der Waals surface area contributed by atoms with Gasteiger partial charge in [0.15, 0.2) is 5.67 Å². The van der Waals surface area contributed by atoms with Gasteiger partial charge < -0.3 is 5.32 Å². The lowest BCUT2D eigenvalue weighted by Crippen LogP contribution is -2.45. The zero-order valence-corrected chi connectivity index (χ0v) is 20.1. The van der Waals surface area contributed by atoms with Crippen LogP contribution in [0.25, 0.3) is 11.3 Å². The molecule has 0 radical (unpaired) electrons. The molecule has 3 heterocycles. The van der Waals surface area contributed by atoms with Crippen LogP contribution in [0.4, 0.5) is 26.3 Å². The summed E-state index contributed by atoms with van der Waals surface area (Å²) in [6.07, 6.45) is -3.29. The number of benzene rings is 1. The van der Waals surface area contributed by atoms with Crippen molar-refractivity contribution in [2.45, 2.75) is 35.7 Å². The molecule has 202 valence electrons. The Kier molecular flexibility index (Phi) is 7.43. The van der Waals surface area contributed by atoms with E-state index in [9.17, 15) is 39.6 Å². The van der Waals surface area contributed by atoms with E-state index in [1.54, 1.807) is 0 Å². The Hall–Kier alpha value is -3.59. The second-order valence-corrected chi connectivity index (χ2v) is 10.4. The molecule has 2 aromatic heterocycles. The molecule has 2 unspecified atom stereocenters. The van der Waals surface area contributed by atoms with Crippen molar-refractivity contribution in [1.29, 1.82) is 0 Å². The van der Waals surface area contributed by atoms with E-state index in [2.05, 4.69) is 20.3 Å². The largest absolute Gasteiger partial charge is 0.433 e. The van der Waals surface area contributed by atoms with Crippen LogP contribution in [0.3, 0.4) is 0 Å². The van der Waals surface area contributed by atoms with Gasteiger partial charge in [-0.2, -0.15) is 17.5 Å². The maximum absolute atomic E-state index is 14.9. The van der Waals surface area contributed by atoms with Gasteiger partial charge in [-0.3, -0.25) is 9.78 Å². The van der Waals surface area contributed by atoms with Crippen LogP contribution in [0.1, 0.15) is 17.8 Å². The van der Waals surface area contributed by atoms with Crippen molar-refractivity contribution in [3.8, 4) is 11.3 Å². The van der Waals surface area contributed by atoms with E-state index in [4.69, 9.17) is 0 Å². The Morgan fingerprint density at radius 1 is 1.11 bits per heavy atom. The molecule has 4 rings (SSSR count). The lowest BCUT2D eigenvalue weighted by Gasteiger charge is -2.23. The van der Waals surface area contributed by atoms with Crippen molar-refractivity contribution < 1.29 is 39.6 Å². The van der Waals surface area contributed by atoms with Gasteiger partial charge in [0.1, 0.15) is 30.6 Å². The fourth-order valence-corrected chi connectivity index (χ4v) is 5.54. The van der Waals surface area contributed by atoms with Crippen molar-refractivity contribution in [3.05, 3.63) is 72.2 Å². The average molecular weight is 559 g/mol. The summed E-state index contributed by atoms with van der Waals surface area (Å²) >= 11 is 0. The molecule has 15 heteroatoms. The molecule has 3 aromatic rings. The van der Waals surface area contributed by atoms with E-state index in [1.807, 2.05) is 0 Å². The van der Waals surface area contributed by atoms with Crippen LogP contribution >= 0.6 is 0 Å². The molecule has 0 aliphatic carbocycles. The van der Waals surface area contributed by atoms with Gasteiger partial charge in [0.25, 0.3) is 0 Å². The summed E-state index contributed by atoms with van der Waals surface area (Å²) in [6.45, 7) is -2.72. The molecule has 1 aromatic carbocycles. The number of amides is 1. The van der Waals surface area contributed by atoms with E-state index in [-0.39, 0.29) is 23.5 Å². The Labute approximate surface area is 212 Å². The fourth-order valence-electron chi connectivity index (χ4n) is 3.88. The van der Waals surface area contributed by atoms with Crippen LogP contribution in [-0.2, 0) is 27.5 Å². The van der Waals surface area contributed by atoms with Crippen LogP contribution in [0.5, 0.6) is 0 Å². The van der Waals surface area contributed by atoms with E-state index in [1.165, 1.54) is 6.07 Å². The standard InChI is InChI=1S/C23H19F6N5O3S/c24-11-22(26)8-19(34(12-22)38(36,37)17-4-2-15(25)3-5-17)21(35)31-10-16-7-18(33-13-32-16)14-1-6-20(30-9-14)23(27,28)29/h1-7,9,13,19H,8,10-12H2,(H,31,35). The first-order valence-electron chi connectivity index (χ1n) is 11.0. The normalized spacial score (nSPS) is 20.4. The first-order valence-corrected chi connectivity index (χ1v) is 12.4. The van der Waals surface area contributed by atoms with Crippen LogP contribution in [0.2, 0.25) is 0 Å². The monoisotopic (exact) mass is 559 g/mol. The number of carbonyl (C=O) groups excluding carboxylic acids is 1. The SMILES string of the molecule is O=C(NCc1cc(-c2ccc(C(F)(F)F)nc2)ncn1)C1CC(F)(CF)CN1S(=O)(=O)c1ccc(F)cc1. The van der Waals surface area contributed by atoms with Crippen LogP contribution in [0.15, 0.2) is 59.9 Å². The zero-order valence-electron chi connectivity index (χ0n) is 19.3. The highest BCUT2D eigenvalue weighted by Gasteiger charge is 2.52. The number of sulfonamides is 1. The van der Waals surface area contributed by atoms with Crippen LogP contribution in [-0.4, -0.2) is 58.5 Å². The van der Waals surface area contributed by atoms with Gasteiger partial charge in [-0.15, -0.1) is 0 Å². The number of carbonyl (C=O) groups is 1. The number of alkyl halides is 5. The van der Waals surface area contributed by atoms with Crippen molar-refractivity contribution in [2.75, 3.05) is 13.2 Å². The Morgan fingerprint density at radius 3 is 2.42 bits per heavy atom. The molecule has 0 bridgehead atoms. The van der Waals surface area contributed by atoms with Crippen molar-refractivity contribution in [2.24, 2.45) is 0 Å². The molecule has 1 saturated heterocycles. The Balaban J connectivity index is 1.51. The summed E-state index contributed by atoms with van der Waals surface area (Å²) in [4.78, 5) is 23.8. The smallest absolute Gasteiger partial charge is 0.349 e. The molecule has 1 aliphatic heterocycles. The third-order valence-corrected chi connectivity index (χ3v) is 7.69. The molecule has 8 nitrogen and oxygen atoms in total. The number of nitrogens with zero attached hydrogens (tertiary/aromatic N) is 4. The fraction of sp³-hybridized carbons (Fsp3) is 0.304. The van der Waals surface area contributed by atoms with Crippen molar-refractivity contribution >= 4 is 15.9 Å². The summed E-state index contributed by atoms with van der Waals surface area (Å²) in [6, 6.07) is 5.37. The summed E-state index contributed by atoms with van der Waals surface area (Å²) in [5.41, 5.74) is -3.05. The molecule has 0 saturated carbocycles. The number of hydrogen-bond donors (Lipinski definition) is 1. The highest BCUT2D eigenvalue weighted by atomic mass is 32.2. The van der Waals surface area contributed by atoms with Crippen LogP contribution in [0, 0.1) is 5.82 Å². The average Bonchev–Trinajstić information content (AvgIpc) is 3.26. The number of aromatic nitrogens is 3. The lowest BCUT2D eigenvalue weighted by molar-refractivity contribution is -0.141. The van der Waals surface area contributed by atoms with Crippen molar-refractivity contribution in [3.63, 3.8) is 0 Å². The van der Waals surface area contributed by atoms with E-state index >= 15 is 0 Å². The molecular weight excluding hydrogens is 540 g/mol. The summed E-state index contributed by atoms with van der Waals surface area (Å²) < 4.78 is 106. The quantitative estimate of drug-likeness (QED) is 0.445. The maximum atomic E-state index is 14.9. The first kappa shape index (κ1) is 27.4. The predicted octanol–water partition coefficient (Wildman–Crippen LogP) is 3.45. The number of rotatable bonds is 7. The van der Waals surface area contributed by atoms with E-state index in [0.29, 0.717) is 4.31 Å². The van der Waals surface area contributed by atoms with Gasteiger partial charge in [0.05, 0.1) is 29.4 Å². The van der Waals surface area contributed by atoms with Gasteiger partial charge in [-0.1, -0.05) is 0 Å². The Bertz CT molecular complexity index is 1420. The maximum Gasteiger partial charge on any atom is 0.433 e. The number of pyridine rings is 1. The zero-order chi connectivity index (χ0) is 27.7. The highest BCUT2D eigenvalue weighted by molar-refractivity contribution is 7.89. The number of hydrogen-bond acceptors (Lipinski definition) is 6. The molecule has 1 N–H and O–H groups in total. The second kappa shape index (κ2) is 10.3. The Morgan fingerprint density at radius 2 is 1.82 bits per heavy atom. The van der Waals surface area contributed by atoms with Crippen molar-refractivity contribution in [1.82, 2.24) is 24.6 Å². The predicted molar refractivity (Wildman–Crippen MR) is 121 cm³/mol. The molecule has 1 aliphatic rings. The minimum absolute atomic E-state index is 0.200. The molecule has 1 fully saturated rings. The third-order valence-electron chi connectivity index (χ3n) is 5.83. The summed E-state index contributed by atoms with van der Waals surface area (Å²) in [7, 11) is -4.48. The molecule has 2 atom stereocenters. The molecule has 0 spiro atoms. The van der Waals surface area contributed by atoms with Gasteiger partial charge >= 0.3 is 6.18 Å². The molecule has 1 amide bonds. The minimum atomic E-state index is -4.61. The number of nitrogens with one attached hydrogen (secondary N) is 1. The minimum Gasteiger partial charge on any atom is -0.349 e. The van der Waals surface area contributed by atoms with Gasteiger partial charge in [-0.05, 0) is 42.5 Å². The number of halogens is 6. The summed E-state index contributed by atoms with van der Waals surface area (Å²) in [5.74, 6) is -1.64.